The number of hydrogen-bond donors (Lipinski definition) is 2. The number of rotatable bonds is 2. The maximum absolute atomic E-state index is 6.07. The molecule has 100 valence electrons. The molecule has 2 heterocycles. The fourth-order valence-corrected chi connectivity index (χ4v) is 2.54. The number of aromatic nitrogens is 2. The maximum Gasteiger partial charge on any atom is 0.353 e. The molecule has 3 aromatic rings. The molecule has 4 rings (SSSR count). The molecular weight excluding hydrogens is 254 g/mol. The second kappa shape index (κ2) is 4.16. The van der Waals surface area contributed by atoms with Gasteiger partial charge in [0.2, 0.25) is 6.79 Å². The zero-order valence-corrected chi connectivity index (χ0v) is 10.8. The number of ether oxygens (including phenoxy) is 2. The van der Waals surface area contributed by atoms with Crippen LogP contribution in [0.15, 0.2) is 42.5 Å². The van der Waals surface area contributed by atoms with Gasteiger partial charge in [-0.2, -0.15) is 0 Å². The Morgan fingerprint density at radius 2 is 1.95 bits per heavy atom. The van der Waals surface area contributed by atoms with Gasteiger partial charge in [-0.3, -0.25) is 5.73 Å². The predicted octanol–water partition coefficient (Wildman–Crippen LogP) is 1.81. The summed E-state index contributed by atoms with van der Waals surface area (Å²) in [7, 11) is 0. The van der Waals surface area contributed by atoms with Crippen LogP contribution in [0.3, 0.4) is 0 Å². The quantitative estimate of drug-likeness (QED) is 0.697. The lowest BCUT2D eigenvalue weighted by atomic mass is 10.2. The van der Waals surface area contributed by atoms with E-state index in [1.165, 1.54) is 0 Å². The van der Waals surface area contributed by atoms with Gasteiger partial charge in [0, 0.05) is 0 Å². The van der Waals surface area contributed by atoms with Crippen molar-refractivity contribution in [3.05, 3.63) is 48.0 Å². The van der Waals surface area contributed by atoms with Crippen molar-refractivity contribution < 1.29 is 14.0 Å². The molecule has 0 fully saturated rings. The number of nitrogens with zero attached hydrogens (tertiary/aromatic N) is 1. The van der Waals surface area contributed by atoms with Gasteiger partial charge in [-0.1, -0.05) is 18.2 Å². The number of nitrogens with one attached hydrogen (secondary N) is 1. The first-order valence-corrected chi connectivity index (χ1v) is 6.46. The number of imidazole rings is 1. The standard InChI is InChI=1S/C15H13N3O2/c16-15-17-11-3-1-2-4-12(11)18(15)8-10-5-6-13-14(7-10)20-9-19-13/h1-7H,8-9H2,(H2,16,17)/p+1. The number of H-pyrrole nitrogens is 1. The average Bonchev–Trinajstić information content (AvgIpc) is 3.04. The van der Waals surface area contributed by atoms with Gasteiger partial charge in [0.25, 0.3) is 0 Å². The average molecular weight is 268 g/mol. The van der Waals surface area contributed by atoms with Gasteiger partial charge in [0.15, 0.2) is 11.5 Å². The van der Waals surface area contributed by atoms with E-state index >= 15 is 0 Å². The summed E-state index contributed by atoms with van der Waals surface area (Å²) in [5.41, 5.74) is 9.31. The molecule has 0 unspecified atom stereocenters. The normalized spacial score (nSPS) is 13.0. The number of nitrogen functional groups attached to an aromatic ring is 1. The Labute approximate surface area is 115 Å². The summed E-state index contributed by atoms with van der Waals surface area (Å²) in [6.45, 7) is 0.980. The van der Waals surface area contributed by atoms with Gasteiger partial charge in [0.1, 0.15) is 11.0 Å². The van der Waals surface area contributed by atoms with Crippen molar-refractivity contribution in [1.82, 2.24) is 4.98 Å². The van der Waals surface area contributed by atoms with Gasteiger partial charge in [-0.25, -0.2) is 9.55 Å². The van der Waals surface area contributed by atoms with Gasteiger partial charge in [-0.05, 0) is 29.8 Å². The summed E-state index contributed by atoms with van der Waals surface area (Å²) >= 11 is 0. The van der Waals surface area contributed by atoms with Crippen molar-refractivity contribution in [3.63, 3.8) is 0 Å². The van der Waals surface area contributed by atoms with E-state index < -0.39 is 0 Å². The molecule has 0 amide bonds. The van der Waals surface area contributed by atoms with Crippen molar-refractivity contribution in [2.45, 2.75) is 6.54 Å². The van der Waals surface area contributed by atoms with Crippen molar-refractivity contribution >= 4 is 17.0 Å². The highest BCUT2D eigenvalue weighted by Gasteiger charge is 2.17. The number of fused-ring (bicyclic) bond motifs is 2. The Morgan fingerprint density at radius 3 is 2.90 bits per heavy atom. The third kappa shape index (κ3) is 1.67. The Hall–Kier alpha value is -2.69. The minimum Gasteiger partial charge on any atom is -0.454 e. The minimum absolute atomic E-state index is 0.293. The Kier molecular flexibility index (Phi) is 2.32. The number of anilines is 1. The highest BCUT2D eigenvalue weighted by atomic mass is 16.7. The fraction of sp³-hybridized carbons (Fsp3) is 0.133. The molecule has 5 nitrogen and oxygen atoms in total. The number of nitrogens with two attached hydrogens (primary N) is 1. The zero-order chi connectivity index (χ0) is 13.5. The molecule has 0 spiro atoms. The summed E-state index contributed by atoms with van der Waals surface area (Å²) in [6, 6.07) is 14.0. The zero-order valence-electron chi connectivity index (χ0n) is 10.8. The summed E-state index contributed by atoms with van der Waals surface area (Å²) in [6.07, 6.45) is 0. The monoisotopic (exact) mass is 268 g/mol. The molecule has 1 aliphatic rings. The molecule has 5 heteroatoms. The summed E-state index contributed by atoms with van der Waals surface area (Å²) in [5.74, 6) is 2.23. The Morgan fingerprint density at radius 1 is 1.10 bits per heavy atom. The predicted molar refractivity (Wildman–Crippen MR) is 74.6 cm³/mol. The van der Waals surface area contributed by atoms with E-state index in [-0.39, 0.29) is 0 Å². The molecule has 1 aromatic heterocycles. The Bertz CT molecular complexity index is 795. The molecule has 0 saturated carbocycles. The van der Waals surface area contributed by atoms with E-state index in [0.29, 0.717) is 19.3 Å². The third-order valence-corrected chi connectivity index (χ3v) is 3.53. The topological polar surface area (TPSA) is 64.2 Å². The van der Waals surface area contributed by atoms with Crippen LogP contribution in [-0.2, 0) is 6.54 Å². The first-order valence-electron chi connectivity index (χ1n) is 6.46. The van der Waals surface area contributed by atoms with E-state index in [4.69, 9.17) is 15.2 Å². The molecule has 20 heavy (non-hydrogen) atoms. The summed E-state index contributed by atoms with van der Waals surface area (Å²) in [4.78, 5) is 3.18. The van der Waals surface area contributed by atoms with Crippen LogP contribution in [0.2, 0.25) is 0 Å². The number of para-hydroxylation sites is 2. The first kappa shape index (κ1) is 11.2. The molecule has 0 saturated heterocycles. The lowest BCUT2D eigenvalue weighted by molar-refractivity contribution is -0.647. The molecule has 2 aromatic carbocycles. The SMILES string of the molecule is Nc1[nH]c2ccccc2[n+]1Cc1ccc2c(c1)OCO2. The third-order valence-electron chi connectivity index (χ3n) is 3.53. The largest absolute Gasteiger partial charge is 0.454 e. The highest BCUT2D eigenvalue weighted by Crippen LogP contribution is 2.32. The van der Waals surface area contributed by atoms with Crippen LogP contribution in [0.1, 0.15) is 5.56 Å². The molecule has 3 N–H and O–H groups in total. The van der Waals surface area contributed by atoms with Crippen LogP contribution < -0.4 is 19.8 Å². The second-order valence-electron chi connectivity index (χ2n) is 4.80. The first-order chi connectivity index (χ1) is 9.81. The van der Waals surface area contributed by atoms with Gasteiger partial charge >= 0.3 is 5.95 Å². The molecular formula is C15H14N3O2+. The fourth-order valence-electron chi connectivity index (χ4n) is 2.54. The summed E-state index contributed by atoms with van der Waals surface area (Å²) < 4.78 is 12.8. The smallest absolute Gasteiger partial charge is 0.353 e. The van der Waals surface area contributed by atoms with Crippen molar-refractivity contribution in [3.8, 4) is 11.5 Å². The molecule has 0 bridgehead atoms. The Balaban J connectivity index is 1.76. The van der Waals surface area contributed by atoms with Crippen molar-refractivity contribution in [1.29, 1.82) is 0 Å². The van der Waals surface area contributed by atoms with Crippen LogP contribution in [0.25, 0.3) is 11.0 Å². The van der Waals surface area contributed by atoms with E-state index in [0.717, 1.165) is 28.1 Å². The van der Waals surface area contributed by atoms with Crippen LogP contribution >= 0.6 is 0 Å². The number of hydrogen-bond acceptors (Lipinski definition) is 3. The number of aromatic amines is 1. The lowest BCUT2D eigenvalue weighted by Gasteiger charge is -2.03. The van der Waals surface area contributed by atoms with Crippen LogP contribution in [0.4, 0.5) is 5.95 Å². The minimum atomic E-state index is 0.293. The molecule has 0 atom stereocenters. The summed E-state index contributed by atoms with van der Waals surface area (Å²) in [5, 5.41) is 0. The van der Waals surface area contributed by atoms with Gasteiger partial charge in [-0.15, -0.1) is 0 Å². The maximum atomic E-state index is 6.07. The molecule has 0 radical (unpaired) electrons. The van der Waals surface area contributed by atoms with Crippen molar-refractivity contribution in [2.75, 3.05) is 12.5 Å². The van der Waals surface area contributed by atoms with Crippen LogP contribution in [0, 0.1) is 0 Å². The molecule has 1 aliphatic heterocycles. The molecule has 0 aliphatic carbocycles. The van der Waals surface area contributed by atoms with E-state index in [9.17, 15) is 0 Å². The van der Waals surface area contributed by atoms with Gasteiger partial charge in [0.05, 0.1) is 6.54 Å². The van der Waals surface area contributed by atoms with E-state index in [1.807, 2.05) is 41.0 Å². The van der Waals surface area contributed by atoms with Crippen molar-refractivity contribution in [2.24, 2.45) is 0 Å². The van der Waals surface area contributed by atoms with E-state index in [1.54, 1.807) is 0 Å². The highest BCUT2D eigenvalue weighted by molar-refractivity contribution is 5.72. The lowest BCUT2D eigenvalue weighted by Crippen LogP contribution is -2.36. The second-order valence-corrected chi connectivity index (χ2v) is 4.80. The number of benzene rings is 2. The van der Waals surface area contributed by atoms with Crippen LogP contribution in [-0.4, -0.2) is 11.8 Å². The van der Waals surface area contributed by atoms with Crippen LogP contribution in [0.5, 0.6) is 11.5 Å². The van der Waals surface area contributed by atoms with Gasteiger partial charge < -0.3 is 9.47 Å². The van der Waals surface area contributed by atoms with E-state index in [2.05, 4.69) is 11.1 Å².